The summed E-state index contributed by atoms with van der Waals surface area (Å²) in [5.74, 6) is -0.0295. The predicted octanol–water partition coefficient (Wildman–Crippen LogP) is 3.13. The van der Waals surface area contributed by atoms with E-state index < -0.39 is 6.55 Å². The number of likely N-dealkylation sites (N-methyl/N-ethyl adjacent to an activating group) is 1. The number of rotatable bonds is 5. The van der Waals surface area contributed by atoms with Gasteiger partial charge in [0, 0.05) is 24.5 Å². The highest BCUT2D eigenvalue weighted by Gasteiger charge is 2.16. The van der Waals surface area contributed by atoms with Crippen molar-refractivity contribution in [1.29, 1.82) is 0 Å². The smallest absolute Gasteiger partial charge is 0.319 e. The molecule has 0 saturated heterocycles. The Morgan fingerprint density at radius 1 is 1.38 bits per heavy atom. The van der Waals surface area contributed by atoms with Crippen LogP contribution >= 0.6 is 11.6 Å². The van der Waals surface area contributed by atoms with Crippen LogP contribution in [0.4, 0.5) is 8.78 Å². The molecular weight excluding hydrogens is 300 g/mol. The number of nitrogens with zero attached hydrogens (tertiary/aromatic N) is 3. The van der Waals surface area contributed by atoms with Crippen LogP contribution in [0.25, 0.3) is 0 Å². The SMILES string of the molecule is CN(Cc1nccn1C(F)F)C(=O)Cc1ccc(Cl)cc1. The standard InChI is InChI=1S/C14H14ClF2N3O/c1-19(9-12-18-6-7-20(12)14(16)17)13(21)8-10-2-4-11(15)5-3-10/h2-7,14H,8-9H2,1H3. The number of aromatic nitrogens is 2. The number of amides is 1. The van der Waals surface area contributed by atoms with E-state index in [-0.39, 0.29) is 24.7 Å². The molecule has 0 saturated carbocycles. The second kappa shape index (κ2) is 6.67. The number of carbonyl (C=O) groups excluding carboxylic acids is 1. The molecule has 0 aliphatic rings. The Balaban J connectivity index is 1.99. The molecule has 0 aliphatic carbocycles. The van der Waals surface area contributed by atoms with Gasteiger partial charge in [0.05, 0.1) is 13.0 Å². The highest BCUT2D eigenvalue weighted by atomic mass is 35.5. The Kier molecular flexibility index (Phi) is 4.90. The molecule has 0 radical (unpaired) electrons. The highest BCUT2D eigenvalue weighted by Crippen LogP contribution is 2.14. The molecule has 1 heterocycles. The van der Waals surface area contributed by atoms with Gasteiger partial charge < -0.3 is 4.90 Å². The Bertz CT molecular complexity index is 613. The van der Waals surface area contributed by atoms with E-state index in [1.54, 1.807) is 31.3 Å². The number of halogens is 3. The summed E-state index contributed by atoms with van der Waals surface area (Å²) in [5, 5.41) is 0.596. The lowest BCUT2D eigenvalue weighted by molar-refractivity contribution is -0.129. The second-order valence-electron chi connectivity index (χ2n) is 4.58. The third-order valence-electron chi connectivity index (χ3n) is 3.03. The van der Waals surface area contributed by atoms with Gasteiger partial charge in [-0.2, -0.15) is 8.78 Å². The number of benzene rings is 1. The maximum Gasteiger partial charge on any atom is 0.319 e. The van der Waals surface area contributed by atoms with Crippen LogP contribution in [0, 0.1) is 0 Å². The molecular formula is C14H14ClF2N3O. The molecule has 21 heavy (non-hydrogen) atoms. The van der Waals surface area contributed by atoms with Gasteiger partial charge in [0.15, 0.2) is 0 Å². The molecule has 0 fully saturated rings. The zero-order valence-electron chi connectivity index (χ0n) is 11.3. The number of imidazole rings is 1. The zero-order chi connectivity index (χ0) is 15.4. The average Bonchev–Trinajstić information content (AvgIpc) is 2.89. The first kappa shape index (κ1) is 15.4. The van der Waals surface area contributed by atoms with Crippen molar-refractivity contribution in [3.63, 3.8) is 0 Å². The van der Waals surface area contributed by atoms with Crippen LogP contribution in [-0.2, 0) is 17.8 Å². The van der Waals surface area contributed by atoms with Gasteiger partial charge in [-0.15, -0.1) is 0 Å². The van der Waals surface area contributed by atoms with E-state index in [9.17, 15) is 13.6 Å². The van der Waals surface area contributed by atoms with Gasteiger partial charge in [-0.3, -0.25) is 9.36 Å². The van der Waals surface area contributed by atoms with E-state index in [2.05, 4.69) is 4.98 Å². The van der Waals surface area contributed by atoms with Crippen molar-refractivity contribution < 1.29 is 13.6 Å². The maximum atomic E-state index is 12.7. The number of hydrogen-bond donors (Lipinski definition) is 0. The predicted molar refractivity (Wildman–Crippen MR) is 75.1 cm³/mol. The Morgan fingerprint density at radius 3 is 2.67 bits per heavy atom. The van der Waals surface area contributed by atoms with Crippen LogP contribution in [0.2, 0.25) is 5.02 Å². The van der Waals surface area contributed by atoms with E-state index >= 15 is 0 Å². The van der Waals surface area contributed by atoms with Gasteiger partial charge in [-0.05, 0) is 17.7 Å². The molecule has 1 aromatic carbocycles. The third-order valence-corrected chi connectivity index (χ3v) is 3.28. The average molecular weight is 314 g/mol. The summed E-state index contributed by atoms with van der Waals surface area (Å²) in [5.41, 5.74) is 0.813. The number of hydrogen-bond acceptors (Lipinski definition) is 2. The largest absolute Gasteiger partial charge is 0.338 e. The Morgan fingerprint density at radius 2 is 2.05 bits per heavy atom. The van der Waals surface area contributed by atoms with Crippen LogP contribution in [0.3, 0.4) is 0 Å². The molecule has 2 aromatic rings. The first-order valence-electron chi connectivity index (χ1n) is 6.25. The summed E-state index contributed by atoms with van der Waals surface area (Å²) in [6, 6.07) is 6.92. The fourth-order valence-corrected chi connectivity index (χ4v) is 1.98. The van der Waals surface area contributed by atoms with Crippen LogP contribution in [0.1, 0.15) is 17.9 Å². The first-order valence-corrected chi connectivity index (χ1v) is 6.63. The molecule has 112 valence electrons. The Hall–Kier alpha value is -1.95. The normalized spacial score (nSPS) is 10.9. The summed E-state index contributed by atoms with van der Waals surface area (Å²) in [6.07, 6.45) is 2.67. The van der Waals surface area contributed by atoms with Crippen molar-refractivity contribution in [2.45, 2.75) is 19.5 Å². The molecule has 0 spiro atoms. The fraction of sp³-hybridized carbons (Fsp3) is 0.286. The summed E-state index contributed by atoms with van der Waals surface area (Å²) in [6.45, 7) is -2.63. The summed E-state index contributed by atoms with van der Waals surface area (Å²) in [4.78, 5) is 17.3. The minimum atomic E-state index is -2.66. The van der Waals surface area contributed by atoms with E-state index in [1.165, 1.54) is 17.3 Å². The van der Waals surface area contributed by atoms with Gasteiger partial charge in [0.2, 0.25) is 5.91 Å². The zero-order valence-corrected chi connectivity index (χ0v) is 12.1. The molecule has 1 amide bonds. The number of alkyl halides is 2. The molecule has 2 rings (SSSR count). The third kappa shape index (κ3) is 4.01. The van der Waals surface area contributed by atoms with Gasteiger partial charge in [-0.1, -0.05) is 23.7 Å². The molecule has 0 atom stereocenters. The first-order chi connectivity index (χ1) is 9.97. The molecule has 0 unspecified atom stereocenters. The summed E-state index contributed by atoms with van der Waals surface area (Å²) >= 11 is 5.78. The monoisotopic (exact) mass is 313 g/mol. The van der Waals surface area contributed by atoms with Crippen LogP contribution < -0.4 is 0 Å². The van der Waals surface area contributed by atoms with E-state index in [0.717, 1.165) is 10.1 Å². The maximum absolute atomic E-state index is 12.7. The minimum absolute atomic E-state index is 0.0315. The lowest BCUT2D eigenvalue weighted by Gasteiger charge is -2.17. The second-order valence-corrected chi connectivity index (χ2v) is 5.02. The van der Waals surface area contributed by atoms with Crippen molar-refractivity contribution in [1.82, 2.24) is 14.5 Å². The highest BCUT2D eigenvalue weighted by molar-refractivity contribution is 6.30. The van der Waals surface area contributed by atoms with Gasteiger partial charge in [0.1, 0.15) is 5.82 Å². The van der Waals surface area contributed by atoms with Gasteiger partial charge in [-0.25, -0.2) is 4.98 Å². The molecule has 4 nitrogen and oxygen atoms in total. The van der Waals surface area contributed by atoms with Crippen molar-refractivity contribution >= 4 is 17.5 Å². The van der Waals surface area contributed by atoms with Crippen LogP contribution in [0.15, 0.2) is 36.7 Å². The molecule has 0 N–H and O–H groups in total. The van der Waals surface area contributed by atoms with Crippen LogP contribution in [-0.4, -0.2) is 27.4 Å². The molecule has 0 bridgehead atoms. The van der Waals surface area contributed by atoms with E-state index in [1.807, 2.05) is 0 Å². The number of carbonyl (C=O) groups is 1. The van der Waals surface area contributed by atoms with Crippen molar-refractivity contribution in [2.75, 3.05) is 7.05 Å². The van der Waals surface area contributed by atoms with Crippen molar-refractivity contribution in [3.05, 3.63) is 53.1 Å². The summed E-state index contributed by atoms with van der Waals surface area (Å²) in [7, 11) is 1.56. The lowest BCUT2D eigenvalue weighted by Crippen LogP contribution is -2.29. The molecule has 0 aliphatic heterocycles. The van der Waals surface area contributed by atoms with E-state index in [0.29, 0.717) is 5.02 Å². The van der Waals surface area contributed by atoms with E-state index in [4.69, 9.17) is 11.6 Å². The quantitative estimate of drug-likeness (QED) is 0.850. The summed E-state index contributed by atoms with van der Waals surface area (Å²) < 4.78 is 26.2. The van der Waals surface area contributed by atoms with Crippen molar-refractivity contribution in [3.8, 4) is 0 Å². The van der Waals surface area contributed by atoms with Gasteiger partial charge in [0.25, 0.3) is 0 Å². The van der Waals surface area contributed by atoms with Crippen molar-refractivity contribution in [2.24, 2.45) is 0 Å². The molecule has 7 heteroatoms. The van der Waals surface area contributed by atoms with Crippen LogP contribution in [0.5, 0.6) is 0 Å². The topological polar surface area (TPSA) is 38.1 Å². The lowest BCUT2D eigenvalue weighted by atomic mass is 10.1. The van der Waals surface area contributed by atoms with Gasteiger partial charge >= 0.3 is 6.55 Å². The minimum Gasteiger partial charge on any atom is -0.338 e. The molecule has 1 aromatic heterocycles. The fourth-order valence-electron chi connectivity index (χ4n) is 1.86. The Labute approximate surface area is 126 Å².